The molecule has 1 aromatic heterocycles. The maximum absolute atomic E-state index is 11.7. The van der Waals surface area contributed by atoms with E-state index in [1.54, 1.807) is 26.0 Å². The first-order valence-corrected chi connectivity index (χ1v) is 6.56. The normalized spacial score (nSPS) is 10.2. The number of anilines is 1. The zero-order chi connectivity index (χ0) is 15.4. The molecule has 21 heavy (non-hydrogen) atoms. The number of ether oxygens (including phenoxy) is 2. The number of benzene rings is 1. The van der Waals surface area contributed by atoms with E-state index in [1.807, 2.05) is 13.0 Å². The highest BCUT2D eigenvalue weighted by Gasteiger charge is 2.14. The number of aromatic nitrogens is 2. The summed E-state index contributed by atoms with van der Waals surface area (Å²) in [5, 5.41) is 0. The van der Waals surface area contributed by atoms with E-state index in [9.17, 15) is 4.79 Å². The highest BCUT2D eigenvalue weighted by Crippen LogP contribution is 2.25. The van der Waals surface area contributed by atoms with Crippen LogP contribution in [-0.4, -0.2) is 22.5 Å². The maximum atomic E-state index is 11.7. The van der Waals surface area contributed by atoms with Crippen LogP contribution in [0.2, 0.25) is 0 Å². The van der Waals surface area contributed by atoms with Gasteiger partial charge in [0, 0.05) is 18.0 Å². The Morgan fingerprint density at radius 2 is 2.10 bits per heavy atom. The Morgan fingerprint density at radius 1 is 1.33 bits per heavy atom. The molecule has 0 aliphatic carbocycles. The van der Waals surface area contributed by atoms with Crippen molar-refractivity contribution in [1.29, 1.82) is 0 Å². The zero-order valence-electron chi connectivity index (χ0n) is 12.2. The van der Waals surface area contributed by atoms with Gasteiger partial charge < -0.3 is 15.2 Å². The average molecular weight is 287 g/mol. The van der Waals surface area contributed by atoms with Crippen LogP contribution in [0.1, 0.15) is 28.5 Å². The van der Waals surface area contributed by atoms with E-state index in [-0.39, 0.29) is 6.01 Å². The number of hydrogen-bond donors (Lipinski definition) is 1. The predicted octanol–water partition coefficient (Wildman–Crippen LogP) is 2.64. The number of nitrogens with zero attached hydrogens (tertiary/aromatic N) is 2. The molecule has 0 amide bonds. The summed E-state index contributed by atoms with van der Waals surface area (Å²) in [6.45, 7) is 5.65. The lowest BCUT2D eigenvalue weighted by atomic mass is 10.2. The Balaban J connectivity index is 2.24. The fourth-order valence-electron chi connectivity index (χ4n) is 1.73. The third-order valence-electron chi connectivity index (χ3n) is 2.87. The summed E-state index contributed by atoms with van der Waals surface area (Å²) < 4.78 is 10.5. The summed E-state index contributed by atoms with van der Waals surface area (Å²) >= 11 is 0. The molecule has 0 saturated carbocycles. The van der Waals surface area contributed by atoms with Gasteiger partial charge in [0.25, 0.3) is 0 Å². The molecule has 2 aromatic rings. The monoisotopic (exact) mass is 287 g/mol. The largest absolute Gasteiger partial charge is 0.462 e. The van der Waals surface area contributed by atoms with Crippen LogP contribution in [0, 0.1) is 13.8 Å². The van der Waals surface area contributed by atoms with E-state index in [4.69, 9.17) is 15.2 Å². The number of carbonyl (C=O) groups excluding carboxylic acids is 1. The van der Waals surface area contributed by atoms with Crippen molar-refractivity contribution in [2.75, 3.05) is 12.3 Å². The minimum atomic E-state index is -0.443. The lowest BCUT2D eigenvalue weighted by Gasteiger charge is -2.09. The Morgan fingerprint density at radius 3 is 2.76 bits per heavy atom. The molecule has 0 unspecified atom stereocenters. The van der Waals surface area contributed by atoms with Gasteiger partial charge in [-0.25, -0.2) is 9.78 Å². The summed E-state index contributed by atoms with van der Waals surface area (Å²) in [5.41, 5.74) is 8.06. The SMILES string of the molecule is CCOC(=O)c1cnc(Oc2cc(N)ccc2C)nc1C. The highest BCUT2D eigenvalue weighted by molar-refractivity contribution is 5.90. The molecule has 2 N–H and O–H groups in total. The zero-order valence-corrected chi connectivity index (χ0v) is 12.2. The molecule has 6 heteroatoms. The second-order valence-electron chi connectivity index (χ2n) is 4.50. The fourth-order valence-corrected chi connectivity index (χ4v) is 1.73. The van der Waals surface area contributed by atoms with Crippen LogP contribution in [-0.2, 0) is 4.74 Å². The van der Waals surface area contributed by atoms with Gasteiger partial charge in [-0.15, -0.1) is 0 Å². The van der Waals surface area contributed by atoms with E-state index in [2.05, 4.69) is 9.97 Å². The maximum Gasteiger partial charge on any atom is 0.341 e. The van der Waals surface area contributed by atoms with Crippen LogP contribution in [0.25, 0.3) is 0 Å². The number of nitrogens with two attached hydrogens (primary N) is 1. The Bertz CT molecular complexity index is 671. The second kappa shape index (κ2) is 6.21. The van der Waals surface area contributed by atoms with Crippen molar-refractivity contribution in [3.05, 3.63) is 41.2 Å². The molecular formula is C15H17N3O3. The summed E-state index contributed by atoms with van der Waals surface area (Å²) in [6.07, 6.45) is 1.40. The molecular weight excluding hydrogens is 270 g/mol. The van der Waals surface area contributed by atoms with Gasteiger partial charge in [-0.3, -0.25) is 0 Å². The molecule has 0 aliphatic heterocycles. The van der Waals surface area contributed by atoms with Crippen LogP contribution in [0.4, 0.5) is 5.69 Å². The first-order chi connectivity index (χ1) is 10.0. The van der Waals surface area contributed by atoms with Gasteiger partial charge in [0.2, 0.25) is 0 Å². The quantitative estimate of drug-likeness (QED) is 0.687. The Labute approximate surface area is 122 Å². The molecule has 1 heterocycles. The molecule has 0 fully saturated rings. The first-order valence-electron chi connectivity index (χ1n) is 6.56. The lowest BCUT2D eigenvalue weighted by molar-refractivity contribution is 0.0524. The predicted molar refractivity (Wildman–Crippen MR) is 78.4 cm³/mol. The molecule has 0 aliphatic rings. The van der Waals surface area contributed by atoms with Crippen molar-refractivity contribution in [2.24, 2.45) is 0 Å². The number of esters is 1. The fraction of sp³-hybridized carbons (Fsp3) is 0.267. The van der Waals surface area contributed by atoms with Gasteiger partial charge >= 0.3 is 12.0 Å². The molecule has 2 rings (SSSR count). The van der Waals surface area contributed by atoms with E-state index in [0.29, 0.717) is 29.3 Å². The van der Waals surface area contributed by atoms with E-state index in [1.165, 1.54) is 6.20 Å². The number of hydrogen-bond acceptors (Lipinski definition) is 6. The highest BCUT2D eigenvalue weighted by atomic mass is 16.5. The van der Waals surface area contributed by atoms with E-state index < -0.39 is 5.97 Å². The molecule has 0 atom stereocenters. The van der Waals surface area contributed by atoms with Crippen molar-refractivity contribution in [2.45, 2.75) is 20.8 Å². The van der Waals surface area contributed by atoms with Crippen LogP contribution in [0.3, 0.4) is 0 Å². The summed E-state index contributed by atoms with van der Waals surface area (Å²) in [7, 11) is 0. The third kappa shape index (κ3) is 3.47. The van der Waals surface area contributed by atoms with Crippen LogP contribution in [0.5, 0.6) is 11.8 Å². The van der Waals surface area contributed by atoms with Gasteiger partial charge in [0.05, 0.1) is 17.9 Å². The van der Waals surface area contributed by atoms with Crippen LogP contribution >= 0.6 is 0 Å². The summed E-state index contributed by atoms with van der Waals surface area (Å²) in [5.74, 6) is 0.139. The topological polar surface area (TPSA) is 87.3 Å². The average Bonchev–Trinajstić information content (AvgIpc) is 2.43. The van der Waals surface area contributed by atoms with Crippen LogP contribution < -0.4 is 10.5 Å². The van der Waals surface area contributed by atoms with Crippen molar-refractivity contribution < 1.29 is 14.3 Å². The minimum Gasteiger partial charge on any atom is -0.462 e. The smallest absolute Gasteiger partial charge is 0.341 e. The van der Waals surface area contributed by atoms with Gasteiger partial charge in [-0.05, 0) is 32.4 Å². The number of aryl methyl sites for hydroxylation is 2. The van der Waals surface area contributed by atoms with Crippen molar-refractivity contribution >= 4 is 11.7 Å². The number of nitrogen functional groups attached to an aromatic ring is 1. The minimum absolute atomic E-state index is 0.161. The van der Waals surface area contributed by atoms with Gasteiger partial charge in [-0.2, -0.15) is 4.98 Å². The third-order valence-corrected chi connectivity index (χ3v) is 2.87. The van der Waals surface area contributed by atoms with Gasteiger partial charge in [-0.1, -0.05) is 6.07 Å². The Hall–Kier alpha value is -2.63. The Kier molecular flexibility index (Phi) is 4.37. The van der Waals surface area contributed by atoms with Gasteiger partial charge in [0.1, 0.15) is 5.75 Å². The van der Waals surface area contributed by atoms with Crippen molar-refractivity contribution in [3.63, 3.8) is 0 Å². The molecule has 6 nitrogen and oxygen atoms in total. The van der Waals surface area contributed by atoms with E-state index >= 15 is 0 Å². The molecule has 0 saturated heterocycles. The van der Waals surface area contributed by atoms with E-state index in [0.717, 1.165) is 5.56 Å². The van der Waals surface area contributed by atoms with Crippen molar-refractivity contribution in [1.82, 2.24) is 9.97 Å². The molecule has 0 radical (unpaired) electrons. The molecule has 110 valence electrons. The summed E-state index contributed by atoms with van der Waals surface area (Å²) in [4.78, 5) is 19.9. The van der Waals surface area contributed by atoms with Gasteiger partial charge in [0.15, 0.2) is 0 Å². The first kappa shape index (κ1) is 14.8. The number of carbonyl (C=O) groups is 1. The second-order valence-corrected chi connectivity index (χ2v) is 4.50. The molecule has 1 aromatic carbocycles. The molecule has 0 spiro atoms. The van der Waals surface area contributed by atoms with Crippen LogP contribution in [0.15, 0.2) is 24.4 Å². The lowest BCUT2D eigenvalue weighted by Crippen LogP contribution is -2.09. The van der Waals surface area contributed by atoms with Crippen molar-refractivity contribution in [3.8, 4) is 11.8 Å². The molecule has 0 bridgehead atoms. The summed E-state index contributed by atoms with van der Waals surface area (Å²) in [6, 6.07) is 5.50. The standard InChI is InChI=1S/C15H17N3O3/c1-4-20-14(19)12-8-17-15(18-10(12)3)21-13-7-11(16)6-5-9(13)2/h5-8H,4,16H2,1-3H3. The number of rotatable bonds is 4.